The van der Waals surface area contributed by atoms with E-state index in [9.17, 15) is 0 Å². The highest BCUT2D eigenvalue weighted by Crippen LogP contribution is 2.22. The lowest BCUT2D eigenvalue weighted by Crippen LogP contribution is -1.91. The molecule has 1 aromatic carbocycles. The molecular weight excluding hydrogens is 208 g/mol. The summed E-state index contributed by atoms with van der Waals surface area (Å²) in [6.07, 6.45) is 3.98. The van der Waals surface area contributed by atoms with E-state index in [0.717, 1.165) is 40.3 Å². The zero-order valence-electron chi connectivity index (χ0n) is 9.85. The first-order valence-corrected chi connectivity index (χ1v) is 6.02. The number of hydrogen-bond acceptors (Lipinski definition) is 2. The quantitative estimate of drug-likeness (QED) is 0.617. The van der Waals surface area contributed by atoms with Crippen molar-refractivity contribution in [1.82, 2.24) is 9.97 Å². The lowest BCUT2D eigenvalue weighted by Gasteiger charge is -2.04. The molecule has 0 aliphatic rings. The van der Waals surface area contributed by atoms with Crippen molar-refractivity contribution >= 4 is 21.8 Å². The number of fused-ring (bicyclic) bond motifs is 3. The maximum atomic E-state index is 4.73. The third-order valence-corrected chi connectivity index (χ3v) is 3.00. The molecule has 3 rings (SSSR count). The van der Waals surface area contributed by atoms with Gasteiger partial charge in [0.25, 0.3) is 0 Å². The summed E-state index contributed by atoms with van der Waals surface area (Å²) >= 11 is 0. The minimum absolute atomic E-state index is 1.00. The van der Waals surface area contributed by atoms with E-state index >= 15 is 0 Å². The van der Waals surface area contributed by atoms with Crippen LogP contribution < -0.4 is 0 Å². The van der Waals surface area contributed by atoms with Crippen LogP contribution in [0.4, 0.5) is 0 Å². The standard InChI is InChI=1S/C15H14N2/c1-2-4-13-9-8-12-7-6-11-5-3-10-16-14(11)15(12)17-13/h3,5-10H,2,4H2,1H3. The molecule has 0 bridgehead atoms. The van der Waals surface area contributed by atoms with Crippen LogP contribution in [0.5, 0.6) is 0 Å². The molecule has 2 aromatic heterocycles. The van der Waals surface area contributed by atoms with Gasteiger partial charge in [-0.25, -0.2) is 0 Å². The predicted molar refractivity (Wildman–Crippen MR) is 71.0 cm³/mol. The molecule has 0 N–H and O–H groups in total. The number of aryl methyl sites for hydroxylation is 1. The molecule has 0 radical (unpaired) electrons. The van der Waals surface area contributed by atoms with Crippen molar-refractivity contribution in [2.45, 2.75) is 19.8 Å². The Morgan fingerprint density at radius 1 is 0.941 bits per heavy atom. The highest BCUT2D eigenvalue weighted by atomic mass is 14.7. The van der Waals surface area contributed by atoms with Gasteiger partial charge < -0.3 is 0 Å². The summed E-state index contributed by atoms with van der Waals surface area (Å²) in [6, 6.07) is 12.5. The Bertz CT molecular complexity index is 674. The Morgan fingerprint density at radius 3 is 2.53 bits per heavy atom. The van der Waals surface area contributed by atoms with Gasteiger partial charge in [0, 0.05) is 22.7 Å². The van der Waals surface area contributed by atoms with E-state index in [1.807, 2.05) is 12.3 Å². The van der Waals surface area contributed by atoms with Gasteiger partial charge >= 0.3 is 0 Å². The first kappa shape index (κ1) is 10.2. The maximum Gasteiger partial charge on any atom is 0.0967 e. The second-order valence-corrected chi connectivity index (χ2v) is 4.26. The number of benzene rings is 1. The number of pyridine rings is 2. The molecule has 0 aliphatic carbocycles. The summed E-state index contributed by atoms with van der Waals surface area (Å²) in [5, 5.41) is 2.32. The molecule has 3 aromatic rings. The summed E-state index contributed by atoms with van der Waals surface area (Å²) in [5.41, 5.74) is 3.18. The van der Waals surface area contributed by atoms with Crippen LogP contribution in [0, 0.1) is 0 Å². The normalized spacial score (nSPS) is 11.1. The van der Waals surface area contributed by atoms with Gasteiger partial charge in [-0.1, -0.05) is 37.6 Å². The average Bonchev–Trinajstić information content (AvgIpc) is 2.39. The molecule has 0 saturated heterocycles. The Hall–Kier alpha value is -1.96. The summed E-state index contributed by atoms with van der Waals surface area (Å²) in [6.45, 7) is 2.17. The van der Waals surface area contributed by atoms with Crippen LogP contribution in [0.25, 0.3) is 21.8 Å². The van der Waals surface area contributed by atoms with E-state index in [1.165, 1.54) is 0 Å². The van der Waals surface area contributed by atoms with Crippen molar-refractivity contribution < 1.29 is 0 Å². The molecule has 17 heavy (non-hydrogen) atoms. The molecule has 0 fully saturated rings. The van der Waals surface area contributed by atoms with Crippen molar-refractivity contribution in [3.63, 3.8) is 0 Å². The van der Waals surface area contributed by atoms with Crippen LogP contribution in [0.15, 0.2) is 42.6 Å². The molecule has 2 heteroatoms. The molecule has 0 unspecified atom stereocenters. The second-order valence-electron chi connectivity index (χ2n) is 4.26. The highest BCUT2D eigenvalue weighted by molar-refractivity contribution is 6.02. The summed E-state index contributed by atoms with van der Waals surface area (Å²) in [5.74, 6) is 0. The summed E-state index contributed by atoms with van der Waals surface area (Å²) in [7, 11) is 0. The largest absolute Gasteiger partial charge is 0.254 e. The van der Waals surface area contributed by atoms with E-state index in [-0.39, 0.29) is 0 Å². The Labute approximate surface area is 100 Å². The van der Waals surface area contributed by atoms with Crippen molar-refractivity contribution in [2.75, 3.05) is 0 Å². The molecule has 0 amide bonds. The van der Waals surface area contributed by atoms with Crippen molar-refractivity contribution in [1.29, 1.82) is 0 Å². The first-order valence-electron chi connectivity index (χ1n) is 6.02. The molecule has 0 aliphatic heterocycles. The molecule has 2 heterocycles. The fraction of sp³-hybridized carbons (Fsp3) is 0.200. The van der Waals surface area contributed by atoms with Gasteiger partial charge in [-0.15, -0.1) is 0 Å². The highest BCUT2D eigenvalue weighted by Gasteiger charge is 2.03. The smallest absolute Gasteiger partial charge is 0.0967 e. The molecule has 0 saturated carbocycles. The summed E-state index contributed by atoms with van der Waals surface area (Å²) in [4.78, 5) is 9.18. The van der Waals surface area contributed by atoms with Crippen LogP contribution in [-0.2, 0) is 6.42 Å². The van der Waals surface area contributed by atoms with Crippen molar-refractivity contribution in [2.24, 2.45) is 0 Å². The molecule has 2 nitrogen and oxygen atoms in total. The topological polar surface area (TPSA) is 25.8 Å². The van der Waals surface area contributed by atoms with Gasteiger partial charge in [0.2, 0.25) is 0 Å². The van der Waals surface area contributed by atoms with Gasteiger partial charge in [-0.2, -0.15) is 0 Å². The Balaban J connectivity index is 2.34. The van der Waals surface area contributed by atoms with E-state index in [1.54, 1.807) is 0 Å². The number of hydrogen-bond donors (Lipinski definition) is 0. The zero-order valence-corrected chi connectivity index (χ0v) is 9.85. The minimum Gasteiger partial charge on any atom is -0.254 e. The van der Waals surface area contributed by atoms with Gasteiger partial charge in [0.15, 0.2) is 0 Å². The van der Waals surface area contributed by atoms with Gasteiger partial charge in [-0.3, -0.25) is 9.97 Å². The monoisotopic (exact) mass is 222 g/mol. The Kier molecular flexibility index (Phi) is 2.48. The second kappa shape index (κ2) is 4.13. The molecule has 84 valence electrons. The van der Waals surface area contributed by atoms with Crippen LogP contribution in [0.3, 0.4) is 0 Å². The van der Waals surface area contributed by atoms with E-state index in [4.69, 9.17) is 4.98 Å². The first-order chi connectivity index (χ1) is 8.38. The molecular formula is C15H14N2. The van der Waals surface area contributed by atoms with Crippen molar-refractivity contribution in [3.8, 4) is 0 Å². The molecule has 0 atom stereocenters. The van der Waals surface area contributed by atoms with E-state index in [0.29, 0.717) is 0 Å². The van der Waals surface area contributed by atoms with E-state index in [2.05, 4.69) is 42.2 Å². The fourth-order valence-electron chi connectivity index (χ4n) is 2.16. The number of rotatable bonds is 2. The number of nitrogens with zero attached hydrogens (tertiary/aromatic N) is 2. The summed E-state index contributed by atoms with van der Waals surface area (Å²) < 4.78 is 0. The van der Waals surface area contributed by atoms with Gasteiger partial charge in [0.1, 0.15) is 0 Å². The lowest BCUT2D eigenvalue weighted by molar-refractivity contribution is 0.890. The fourth-order valence-corrected chi connectivity index (χ4v) is 2.16. The van der Waals surface area contributed by atoms with Crippen LogP contribution >= 0.6 is 0 Å². The van der Waals surface area contributed by atoms with Crippen LogP contribution in [0.1, 0.15) is 19.0 Å². The third-order valence-electron chi connectivity index (χ3n) is 3.00. The van der Waals surface area contributed by atoms with Gasteiger partial charge in [0.05, 0.1) is 11.0 Å². The number of aromatic nitrogens is 2. The van der Waals surface area contributed by atoms with Crippen molar-refractivity contribution in [3.05, 3.63) is 48.3 Å². The van der Waals surface area contributed by atoms with E-state index < -0.39 is 0 Å². The average molecular weight is 222 g/mol. The molecule has 0 spiro atoms. The minimum atomic E-state index is 1.00. The van der Waals surface area contributed by atoms with Crippen LogP contribution in [-0.4, -0.2) is 9.97 Å². The SMILES string of the molecule is CCCc1ccc2ccc3cccnc3c2n1. The van der Waals surface area contributed by atoms with Crippen LogP contribution in [0.2, 0.25) is 0 Å². The van der Waals surface area contributed by atoms with Gasteiger partial charge in [-0.05, 0) is 18.6 Å². The Morgan fingerprint density at radius 2 is 1.71 bits per heavy atom. The maximum absolute atomic E-state index is 4.73. The zero-order chi connectivity index (χ0) is 11.7. The third kappa shape index (κ3) is 1.76. The predicted octanol–water partition coefficient (Wildman–Crippen LogP) is 3.74. The lowest BCUT2D eigenvalue weighted by atomic mass is 10.1.